The molecule has 1 aromatic carbocycles. The van der Waals surface area contributed by atoms with Gasteiger partial charge in [0.25, 0.3) is 0 Å². The number of aromatic nitrogens is 1. The third-order valence-electron chi connectivity index (χ3n) is 3.80. The molecule has 0 fully saturated rings. The molecule has 0 spiro atoms. The maximum absolute atomic E-state index is 12.2. The fourth-order valence-electron chi connectivity index (χ4n) is 2.59. The second kappa shape index (κ2) is 7.86. The molecule has 130 valence electrons. The number of carbonyl (C=O) groups is 1. The van der Waals surface area contributed by atoms with Gasteiger partial charge in [0.15, 0.2) is 0 Å². The number of ether oxygens (including phenoxy) is 1. The van der Waals surface area contributed by atoms with Crippen molar-refractivity contribution in [2.45, 2.75) is 47.1 Å². The summed E-state index contributed by atoms with van der Waals surface area (Å²) < 4.78 is 10.6. The zero-order valence-electron chi connectivity index (χ0n) is 14.9. The van der Waals surface area contributed by atoms with E-state index >= 15 is 0 Å². The van der Waals surface area contributed by atoms with E-state index in [4.69, 9.17) is 9.26 Å². The number of rotatable bonds is 6. The van der Waals surface area contributed by atoms with Crippen LogP contribution in [0.25, 0.3) is 0 Å². The van der Waals surface area contributed by atoms with Crippen LogP contribution in [0.3, 0.4) is 0 Å². The molecule has 0 aliphatic heterocycles. The molecular formula is C18H25N3O3. The second-order valence-electron chi connectivity index (χ2n) is 5.92. The molecule has 0 saturated heterocycles. The van der Waals surface area contributed by atoms with Gasteiger partial charge in [-0.05, 0) is 64.8 Å². The van der Waals surface area contributed by atoms with Crippen molar-refractivity contribution >= 4 is 11.7 Å². The van der Waals surface area contributed by atoms with Crippen LogP contribution in [0.15, 0.2) is 22.7 Å². The van der Waals surface area contributed by atoms with Crippen LogP contribution in [0.1, 0.15) is 36.4 Å². The number of amides is 2. The van der Waals surface area contributed by atoms with Crippen molar-refractivity contribution in [3.63, 3.8) is 0 Å². The molecular weight excluding hydrogens is 306 g/mol. The number of nitrogens with one attached hydrogen (secondary N) is 2. The van der Waals surface area contributed by atoms with E-state index in [0.29, 0.717) is 13.0 Å². The highest BCUT2D eigenvalue weighted by Crippen LogP contribution is 2.22. The highest BCUT2D eigenvalue weighted by Gasteiger charge is 2.15. The Labute approximate surface area is 142 Å². The monoisotopic (exact) mass is 331 g/mol. The molecule has 6 heteroatoms. The molecule has 6 nitrogen and oxygen atoms in total. The van der Waals surface area contributed by atoms with Gasteiger partial charge in [-0.25, -0.2) is 4.79 Å². The summed E-state index contributed by atoms with van der Waals surface area (Å²) in [6.45, 7) is 10.3. The zero-order valence-corrected chi connectivity index (χ0v) is 14.9. The molecule has 1 aromatic heterocycles. The van der Waals surface area contributed by atoms with Crippen LogP contribution in [0, 0.1) is 20.8 Å². The molecule has 24 heavy (non-hydrogen) atoms. The van der Waals surface area contributed by atoms with Gasteiger partial charge < -0.3 is 19.9 Å². The summed E-state index contributed by atoms with van der Waals surface area (Å²) in [7, 11) is 0. The van der Waals surface area contributed by atoms with Crippen LogP contribution in [0.2, 0.25) is 0 Å². The Morgan fingerprint density at radius 3 is 2.67 bits per heavy atom. The zero-order chi connectivity index (χ0) is 17.7. The van der Waals surface area contributed by atoms with E-state index in [9.17, 15) is 4.79 Å². The van der Waals surface area contributed by atoms with Gasteiger partial charge in [-0.3, -0.25) is 0 Å². The van der Waals surface area contributed by atoms with Gasteiger partial charge in [0.2, 0.25) is 0 Å². The van der Waals surface area contributed by atoms with Crippen molar-refractivity contribution in [2.24, 2.45) is 0 Å². The van der Waals surface area contributed by atoms with Gasteiger partial charge in [0.05, 0.1) is 12.3 Å². The van der Waals surface area contributed by atoms with E-state index in [1.807, 2.05) is 52.8 Å². The largest absolute Gasteiger partial charge is 0.494 e. The minimum atomic E-state index is -0.238. The lowest BCUT2D eigenvalue weighted by molar-refractivity contribution is 0.249. The molecule has 1 unspecified atom stereocenters. The van der Waals surface area contributed by atoms with Crippen LogP contribution in [0.4, 0.5) is 10.5 Å². The summed E-state index contributed by atoms with van der Waals surface area (Å²) in [4.78, 5) is 12.2. The van der Waals surface area contributed by atoms with Crippen molar-refractivity contribution in [1.82, 2.24) is 10.5 Å². The van der Waals surface area contributed by atoms with E-state index in [2.05, 4.69) is 15.8 Å². The fourth-order valence-corrected chi connectivity index (χ4v) is 2.59. The Morgan fingerprint density at radius 2 is 2.08 bits per heavy atom. The first-order valence-corrected chi connectivity index (χ1v) is 8.13. The molecule has 1 heterocycles. The lowest BCUT2D eigenvalue weighted by Gasteiger charge is -2.15. The first-order valence-electron chi connectivity index (χ1n) is 8.13. The third-order valence-corrected chi connectivity index (χ3v) is 3.80. The number of hydrogen-bond donors (Lipinski definition) is 2. The number of benzene rings is 1. The highest BCUT2D eigenvalue weighted by atomic mass is 16.5. The van der Waals surface area contributed by atoms with Gasteiger partial charge in [-0.2, -0.15) is 0 Å². The molecule has 2 amide bonds. The van der Waals surface area contributed by atoms with Gasteiger partial charge in [0.1, 0.15) is 11.5 Å². The summed E-state index contributed by atoms with van der Waals surface area (Å²) in [6, 6.07) is 5.31. The molecule has 0 radical (unpaired) electrons. The van der Waals surface area contributed by atoms with Crippen molar-refractivity contribution in [3.05, 3.63) is 40.8 Å². The molecule has 0 saturated carbocycles. The summed E-state index contributed by atoms with van der Waals surface area (Å²) >= 11 is 0. The number of carbonyl (C=O) groups excluding carboxylic acids is 1. The Hall–Kier alpha value is -2.50. The Kier molecular flexibility index (Phi) is 5.84. The minimum Gasteiger partial charge on any atom is -0.494 e. The van der Waals surface area contributed by atoms with E-state index < -0.39 is 0 Å². The smallest absolute Gasteiger partial charge is 0.319 e. The lowest BCUT2D eigenvalue weighted by atomic mass is 10.1. The van der Waals surface area contributed by atoms with Crippen LogP contribution < -0.4 is 15.4 Å². The molecule has 2 rings (SSSR count). The summed E-state index contributed by atoms with van der Waals surface area (Å²) in [5.74, 6) is 1.62. The van der Waals surface area contributed by atoms with Gasteiger partial charge in [0, 0.05) is 17.3 Å². The highest BCUT2D eigenvalue weighted by molar-refractivity contribution is 5.89. The Morgan fingerprint density at radius 1 is 1.33 bits per heavy atom. The van der Waals surface area contributed by atoms with E-state index in [-0.39, 0.29) is 12.1 Å². The second-order valence-corrected chi connectivity index (χ2v) is 5.92. The first kappa shape index (κ1) is 17.8. The maximum atomic E-state index is 12.2. The van der Waals surface area contributed by atoms with Gasteiger partial charge >= 0.3 is 6.03 Å². The standard InChI is InChI=1S/C18H25N3O3/c1-6-23-17-8-7-15(9-11(17)2)20-18(22)19-12(3)10-16-13(4)21-24-14(16)5/h7-9,12H,6,10H2,1-5H3,(H2,19,20,22). The number of hydrogen-bond acceptors (Lipinski definition) is 4. The molecule has 2 N–H and O–H groups in total. The van der Waals surface area contributed by atoms with Crippen molar-refractivity contribution < 1.29 is 14.1 Å². The van der Waals surface area contributed by atoms with Crippen molar-refractivity contribution in [1.29, 1.82) is 0 Å². The number of urea groups is 1. The quantitative estimate of drug-likeness (QED) is 0.845. The predicted octanol–water partition coefficient (Wildman–Crippen LogP) is 3.75. The van der Waals surface area contributed by atoms with Gasteiger partial charge in [-0.15, -0.1) is 0 Å². The lowest BCUT2D eigenvalue weighted by Crippen LogP contribution is -2.37. The number of aryl methyl sites for hydroxylation is 3. The third kappa shape index (κ3) is 4.50. The molecule has 0 aliphatic rings. The Bertz CT molecular complexity index is 690. The van der Waals surface area contributed by atoms with Crippen LogP contribution in [-0.4, -0.2) is 23.8 Å². The van der Waals surface area contributed by atoms with Gasteiger partial charge in [-0.1, -0.05) is 5.16 Å². The van der Waals surface area contributed by atoms with Crippen LogP contribution in [-0.2, 0) is 6.42 Å². The predicted molar refractivity (Wildman–Crippen MR) is 93.6 cm³/mol. The average molecular weight is 331 g/mol. The maximum Gasteiger partial charge on any atom is 0.319 e. The molecule has 0 aliphatic carbocycles. The first-order chi connectivity index (χ1) is 11.4. The van der Waals surface area contributed by atoms with Crippen LogP contribution in [0.5, 0.6) is 5.75 Å². The average Bonchev–Trinajstić information content (AvgIpc) is 2.82. The van der Waals surface area contributed by atoms with E-state index in [0.717, 1.165) is 34.0 Å². The van der Waals surface area contributed by atoms with E-state index in [1.54, 1.807) is 0 Å². The van der Waals surface area contributed by atoms with Crippen molar-refractivity contribution in [3.8, 4) is 5.75 Å². The molecule has 1 atom stereocenters. The topological polar surface area (TPSA) is 76.4 Å². The SMILES string of the molecule is CCOc1ccc(NC(=O)NC(C)Cc2c(C)noc2C)cc1C. The molecule has 0 bridgehead atoms. The summed E-state index contributed by atoms with van der Waals surface area (Å²) in [5.41, 5.74) is 3.62. The summed E-state index contributed by atoms with van der Waals surface area (Å²) in [5, 5.41) is 9.71. The number of anilines is 1. The summed E-state index contributed by atoms with van der Waals surface area (Å²) in [6.07, 6.45) is 0.677. The minimum absolute atomic E-state index is 0.0365. The van der Waals surface area contributed by atoms with E-state index in [1.165, 1.54) is 0 Å². The molecule has 2 aromatic rings. The number of nitrogens with zero attached hydrogens (tertiary/aromatic N) is 1. The van der Waals surface area contributed by atoms with Crippen LogP contribution >= 0.6 is 0 Å². The fraction of sp³-hybridized carbons (Fsp3) is 0.444. The Balaban J connectivity index is 1.92. The van der Waals surface area contributed by atoms with Crippen molar-refractivity contribution in [2.75, 3.05) is 11.9 Å². The normalized spacial score (nSPS) is 11.9.